The normalized spacial score (nSPS) is 10.3. The quantitative estimate of drug-likeness (QED) is 0.918. The molecule has 1 aromatic heterocycles. The Kier molecular flexibility index (Phi) is 4.05. The van der Waals surface area contributed by atoms with E-state index in [2.05, 4.69) is 28.9 Å². The number of anilines is 2. The van der Waals surface area contributed by atoms with Crippen molar-refractivity contribution in [2.45, 2.75) is 13.5 Å². The Labute approximate surface area is 112 Å². The molecule has 4 heteroatoms. The second-order valence-electron chi connectivity index (χ2n) is 4.07. The molecular weight excluding hydrogens is 246 g/mol. The Morgan fingerprint density at radius 1 is 1.28 bits per heavy atom. The van der Waals surface area contributed by atoms with E-state index in [4.69, 9.17) is 17.3 Å². The first kappa shape index (κ1) is 12.7. The van der Waals surface area contributed by atoms with Gasteiger partial charge in [0.25, 0.3) is 0 Å². The zero-order chi connectivity index (χ0) is 13.0. The minimum atomic E-state index is 0.583. The highest BCUT2D eigenvalue weighted by Crippen LogP contribution is 2.26. The number of nitrogens with zero attached hydrogens (tertiary/aromatic N) is 2. The molecule has 0 saturated heterocycles. The van der Waals surface area contributed by atoms with Crippen LogP contribution in [-0.4, -0.2) is 11.5 Å². The predicted molar refractivity (Wildman–Crippen MR) is 76.8 cm³/mol. The lowest BCUT2D eigenvalue weighted by molar-refractivity contribution is 0.814. The SMILES string of the molecule is CCN(Cc1ccccc1)c1ncc(N)cc1Cl. The average Bonchev–Trinajstić information content (AvgIpc) is 2.38. The highest BCUT2D eigenvalue weighted by atomic mass is 35.5. The van der Waals surface area contributed by atoms with Gasteiger partial charge in [-0.2, -0.15) is 0 Å². The first-order valence-electron chi connectivity index (χ1n) is 5.90. The number of aromatic nitrogens is 1. The summed E-state index contributed by atoms with van der Waals surface area (Å²) >= 11 is 6.19. The van der Waals surface area contributed by atoms with Crippen LogP contribution in [0.4, 0.5) is 11.5 Å². The first-order valence-corrected chi connectivity index (χ1v) is 6.28. The summed E-state index contributed by atoms with van der Waals surface area (Å²) in [7, 11) is 0. The Morgan fingerprint density at radius 2 is 2.00 bits per heavy atom. The molecule has 18 heavy (non-hydrogen) atoms. The van der Waals surface area contributed by atoms with E-state index in [1.165, 1.54) is 5.56 Å². The maximum atomic E-state index is 6.19. The number of hydrogen-bond donors (Lipinski definition) is 1. The van der Waals surface area contributed by atoms with Gasteiger partial charge in [-0.15, -0.1) is 0 Å². The van der Waals surface area contributed by atoms with E-state index in [1.54, 1.807) is 12.3 Å². The van der Waals surface area contributed by atoms with Gasteiger partial charge in [0.1, 0.15) is 5.82 Å². The summed E-state index contributed by atoms with van der Waals surface area (Å²) in [5.41, 5.74) is 7.47. The van der Waals surface area contributed by atoms with E-state index in [0.29, 0.717) is 10.7 Å². The number of pyridine rings is 1. The van der Waals surface area contributed by atoms with Crippen LogP contribution in [-0.2, 0) is 6.54 Å². The molecule has 2 aromatic rings. The van der Waals surface area contributed by atoms with Crippen LogP contribution in [0.1, 0.15) is 12.5 Å². The Balaban J connectivity index is 2.23. The van der Waals surface area contributed by atoms with Crippen LogP contribution in [0.5, 0.6) is 0 Å². The van der Waals surface area contributed by atoms with Crippen molar-refractivity contribution >= 4 is 23.1 Å². The maximum absolute atomic E-state index is 6.19. The summed E-state index contributed by atoms with van der Waals surface area (Å²) in [5.74, 6) is 0.775. The van der Waals surface area contributed by atoms with Gasteiger partial charge in [0.15, 0.2) is 0 Å². The number of nitrogen functional groups attached to an aromatic ring is 1. The van der Waals surface area contributed by atoms with E-state index in [-0.39, 0.29) is 0 Å². The van der Waals surface area contributed by atoms with E-state index < -0.39 is 0 Å². The van der Waals surface area contributed by atoms with Gasteiger partial charge in [0, 0.05) is 13.1 Å². The van der Waals surface area contributed by atoms with Gasteiger partial charge in [-0.05, 0) is 18.6 Å². The smallest absolute Gasteiger partial charge is 0.147 e. The van der Waals surface area contributed by atoms with Crippen LogP contribution < -0.4 is 10.6 Å². The van der Waals surface area contributed by atoms with Crippen LogP contribution in [0.25, 0.3) is 0 Å². The summed E-state index contributed by atoms with van der Waals surface area (Å²) < 4.78 is 0. The van der Waals surface area contributed by atoms with Crippen molar-refractivity contribution in [1.29, 1.82) is 0 Å². The average molecular weight is 262 g/mol. The van der Waals surface area contributed by atoms with Gasteiger partial charge in [-0.3, -0.25) is 0 Å². The van der Waals surface area contributed by atoms with Crippen molar-refractivity contribution in [2.24, 2.45) is 0 Å². The van der Waals surface area contributed by atoms with Crippen molar-refractivity contribution < 1.29 is 0 Å². The second kappa shape index (κ2) is 5.74. The molecule has 0 unspecified atom stereocenters. The number of benzene rings is 1. The van der Waals surface area contributed by atoms with Gasteiger partial charge < -0.3 is 10.6 Å². The molecule has 1 aromatic carbocycles. The van der Waals surface area contributed by atoms with Gasteiger partial charge >= 0.3 is 0 Å². The molecule has 0 amide bonds. The summed E-state index contributed by atoms with van der Waals surface area (Å²) in [6, 6.07) is 12.0. The second-order valence-corrected chi connectivity index (χ2v) is 4.48. The monoisotopic (exact) mass is 261 g/mol. The first-order chi connectivity index (χ1) is 8.70. The molecule has 2 rings (SSSR count). The highest BCUT2D eigenvalue weighted by molar-refractivity contribution is 6.33. The zero-order valence-electron chi connectivity index (χ0n) is 10.3. The summed E-state index contributed by atoms with van der Waals surface area (Å²) in [6.45, 7) is 3.71. The minimum absolute atomic E-state index is 0.583. The zero-order valence-corrected chi connectivity index (χ0v) is 11.1. The molecule has 1 heterocycles. The summed E-state index contributed by atoms with van der Waals surface area (Å²) in [5, 5.41) is 0.591. The molecule has 94 valence electrons. The van der Waals surface area contributed by atoms with Gasteiger partial charge in [-0.25, -0.2) is 4.98 Å². The summed E-state index contributed by atoms with van der Waals surface area (Å²) in [4.78, 5) is 6.44. The van der Waals surface area contributed by atoms with Crippen LogP contribution in [0, 0.1) is 0 Å². The summed E-state index contributed by atoms with van der Waals surface area (Å²) in [6.07, 6.45) is 1.63. The van der Waals surface area contributed by atoms with Crippen LogP contribution in [0.2, 0.25) is 5.02 Å². The standard InChI is InChI=1S/C14H16ClN3/c1-2-18(10-11-6-4-3-5-7-11)14-13(15)8-12(16)9-17-14/h3-9H,2,10,16H2,1H3. The highest BCUT2D eigenvalue weighted by Gasteiger charge is 2.11. The topological polar surface area (TPSA) is 42.2 Å². The molecular formula is C14H16ClN3. The molecule has 0 saturated carbocycles. The van der Waals surface area contributed by atoms with Crippen molar-refractivity contribution in [3.05, 3.63) is 53.2 Å². The van der Waals surface area contributed by atoms with Gasteiger partial charge in [0.05, 0.1) is 16.9 Å². The number of rotatable bonds is 4. The number of nitrogens with two attached hydrogens (primary N) is 1. The van der Waals surface area contributed by atoms with Crippen molar-refractivity contribution in [2.75, 3.05) is 17.2 Å². The molecule has 0 bridgehead atoms. The Bertz CT molecular complexity index is 514. The molecule has 0 atom stereocenters. The van der Waals surface area contributed by atoms with Crippen molar-refractivity contribution in [3.8, 4) is 0 Å². The van der Waals surface area contributed by atoms with Crippen molar-refractivity contribution in [3.63, 3.8) is 0 Å². The van der Waals surface area contributed by atoms with Crippen LogP contribution in [0.15, 0.2) is 42.6 Å². The Morgan fingerprint density at radius 3 is 2.61 bits per heavy atom. The van der Waals surface area contributed by atoms with E-state index >= 15 is 0 Å². The minimum Gasteiger partial charge on any atom is -0.397 e. The lowest BCUT2D eigenvalue weighted by Crippen LogP contribution is -2.23. The van der Waals surface area contributed by atoms with Gasteiger partial charge in [0.2, 0.25) is 0 Å². The van der Waals surface area contributed by atoms with Crippen LogP contribution >= 0.6 is 11.6 Å². The molecule has 0 radical (unpaired) electrons. The molecule has 0 aliphatic heterocycles. The third kappa shape index (κ3) is 2.93. The van der Waals surface area contributed by atoms with E-state index in [1.807, 2.05) is 18.2 Å². The lowest BCUT2D eigenvalue weighted by Gasteiger charge is -2.23. The molecule has 0 aliphatic rings. The lowest BCUT2D eigenvalue weighted by atomic mass is 10.2. The predicted octanol–water partition coefficient (Wildman–Crippen LogP) is 3.34. The third-order valence-corrected chi connectivity index (χ3v) is 3.02. The molecule has 0 aliphatic carbocycles. The molecule has 3 nitrogen and oxygen atoms in total. The van der Waals surface area contributed by atoms with E-state index in [9.17, 15) is 0 Å². The van der Waals surface area contributed by atoms with Crippen LogP contribution in [0.3, 0.4) is 0 Å². The fourth-order valence-corrected chi connectivity index (χ4v) is 2.11. The number of halogens is 1. The molecule has 0 spiro atoms. The maximum Gasteiger partial charge on any atom is 0.147 e. The fraction of sp³-hybridized carbons (Fsp3) is 0.214. The fourth-order valence-electron chi connectivity index (χ4n) is 1.82. The molecule has 2 N–H and O–H groups in total. The van der Waals surface area contributed by atoms with Crippen molar-refractivity contribution in [1.82, 2.24) is 4.98 Å². The largest absolute Gasteiger partial charge is 0.397 e. The third-order valence-electron chi connectivity index (χ3n) is 2.74. The number of hydrogen-bond acceptors (Lipinski definition) is 3. The molecule has 0 fully saturated rings. The van der Waals surface area contributed by atoms with Gasteiger partial charge in [-0.1, -0.05) is 41.9 Å². The van der Waals surface area contributed by atoms with E-state index in [0.717, 1.165) is 18.9 Å². The Hall–Kier alpha value is -1.74.